The average molecular weight is 629 g/mol. The second-order valence-electron chi connectivity index (χ2n) is 11.1. The van der Waals surface area contributed by atoms with E-state index in [1.807, 2.05) is 59.3 Å². The van der Waals surface area contributed by atoms with Gasteiger partial charge < -0.3 is 19.5 Å². The normalized spacial score (nSPS) is 11.4. The highest BCUT2D eigenvalue weighted by molar-refractivity contribution is 6.33. The number of halogens is 1. The van der Waals surface area contributed by atoms with E-state index >= 15 is 0 Å². The van der Waals surface area contributed by atoms with Crippen molar-refractivity contribution >= 4 is 44.2 Å². The van der Waals surface area contributed by atoms with Crippen LogP contribution in [0.5, 0.6) is 17.2 Å². The van der Waals surface area contributed by atoms with Crippen LogP contribution in [0.4, 0.5) is 0 Å². The standard InChI is InChI=1S/C38H33ClN4O3/c1-44-28-12-8-9-25(18-28)23-43-38-36(33(42-43)22-40-21-24-15-16-26-10-4-5-11-27(26)17-24)30-19-34(45-2)35(46-3)20-31(30)37(41-38)29-13-6-7-14-32(29)39/h4-20,40H,21-23H2,1-3H3. The predicted molar refractivity (Wildman–Crippen MR) is 185 cm³/mol. The number of nitrogens with one attached hydrogen (secondary N) is 1. The zero-order valence-electron chi connectivity index (χ0n) is 25.9. The molecule has 0 atom stereocenters. The van der Waals surface area contributed by atoms with Crippen LogP contribution >= 0.6 is 11.6 Å². The maximum atomic E-state index is 6.77. The van der Waals surface area contributed by atoms with Gasteiger partial charge in [-0.25, -0.2) is 9.67 Å². The summed E-state index contributed by atoms with van der Waals surface area (Å²) in [6.07, 6.45) is 0. The van der Waals surface area contributed by atoms with E-state index in [-0.39, 0.29) is 0 Å². The smallest absolute Gasteiger partial charge is 0.161 e. The highest BCUT2D eigenvalue weighted by atomic mass is 35.5. The Balaban J connectivity index is 1.39. The topological polar surface area (TPSA) is 70.4 Å². The third-order valence-electron chi connectivity index (χ3n) is 8.29. The molecule has 0 unspecified atom stereocenters. The fraction of sp³-hybridized carbons (Fsp3) is 0.158. The molecule has 0 saturated carbocycles. The van der Waals surface area contributed by atoms with Gasteiger partial charge in [0, 0.05) is 34.4 Å². The van der Waals surface area contributed by atoms with Crippen LogP contribution in [0.1, 0.15) is 16.8 Å². The van der Waals surface area contributed by atoms with Crippen molar-refractivity contribution in [3.63, 3.8) is 0 Å². The molecule has 0 fully saturated rings. The van der Waals surface area contributed by atoms with Crippen molar-refractivity contribution in [3.8, 4) is 28.5 Å². The third-order valence-corrected chi connectivity index (χ3v) is 8.62. The van der Waals surface area contributed by atoms with Crippen LogP contribution in [-0.2, 0) is 19.6 Å². The molecule has 46 heavy (non-hydrogen) atoms. The summed E-state index contributed by atoms with van der Waals surface area (Å²) in [6.45, 7) is 1.73. The first-order valence-electron chi connectivity index (χ1n) is 15.1. The van der Waals surface area contributed by atoms with Gasteiger partial charge in [-0.2, -0.15) is 5.10 Å². The molecule has 0 saturated heterocycles. The van der Waals surface area contributed by atoms with E-state index in [1.165, 1.54) is 16.3 Å². The number of rotatable bonds is 10. The van der Waals surface area contributed by atoms with E-state index in [2.05, 4.69) is 53.8 Å². The van der Waals surface area contributed by atoms with Crippen LogP contribution < -0.4 is 19.5 Å². The zero-order valence-corrected chi connectivity index (χ0v) is 26.6. The van der Waals surface area contributed by atoms with E-state index in [1.54, 1.807) is 21.3 Å². The summed E-state index contributed by atoms with van der Waals surface area (Å²) in [4.78, 5) is 5.29. The second kappa shape index (κ2) is 12.7. The number of fused-ring (bicyclic) bond motifs is 4. The van der Waals surface area contributed by atoms with Crippen molar-refractivity contribution in [2.75, 3.05) is 21.3 Å². The van der Waals surface area contributed by atoms with Crippen molar-refractivity contribution in [2.45, 2.75) is 19.6 Å². The Labute approximate surface area is 272 Å². The number of benzene rings is 5. The van der Waals surface area contributed by atoms with Gasteiger partial charge in [-0.1, -0.05) is 78.3 Å². The molecule has 7 aromatic rings. The summed E-state index contributed by atoms with van der Waals surface area (Å²) in [5, 5.41) is 14.7. The molecule has 0 spiro atoms. The van der Waals surface area contributed by atoms with Gasteiger partial charge in [0.2, 0.25) is 0 Å². The fourth-order valence-electron chi connectivity index (χ4n) is 6.05. The molecule has 8 heteroatoms. The molecule has 7 nitrogen and oxygen atoms in total. The van der Waals surface area contributed by atoms with Crippen LogP contribution in [0.15, 0.2) is 103 Å². The first-order chi connectivity index (χ1) is 22.6. The summed E-state index contributed by atoms with van der Waals surface area (Å²) < 4.78 is 19.0. The van der Waals surface area contributed by atoms with Crippen molar-refractivity contribution in [1.29, 1.82) is 0 Å². The summed E-state index contributed by atoms with van der Waals surface area (Å²) in [5.74, 6) is 2.03. The number of ether oxygens (including phenoxy) is 3. The zero-order chi connectivity index (χ0) is 31.6. The number of pyridine rings is 1. The van der Waals surface area contributed by atoms with Crippen LogP contribution in [0.3, 0.4) is 0 Å². The average Bonchev–Trinajstić information content (AvgIpc) is 3.44. The van der Waals surface area contributed by atoms with Gasteiger partial charge >= 0.3 is 0 Å². The lowest BCUT2D eigenvalue weighted by molar-refractivity contribution is 0.356. The Morgan fingerprint density at radius 1 is 0.696 bits per heavy atom. The lowest BCUT2D eigenvalue weighted by Gasteiger charge is -2.14. The summed E-state index contributed by atoms with van der Waals surface area (Å²) in [6, 6.07) is 34.7. The van der Waals surface area contributed by atoms with Gasteiger partial charge in [0.05, 0.1) is 44.6 Å². The van der Waals surface area contributed by atoms with Crippen molar-refractivity contribution in [1.82, 2.24) is 20.1 Å². The maximum absolute atomic E-state index is 6.77. The van der Waals surface area contributed by atoms with Crippen LogP contribution in [0, 0.1) is 0 Å². The third kappa shape index (κ3) is 5.60. The van der Waals surface area contributed by atoms with Gasteiger partial charge in [-0.15, -0.1) is 0 Å². The highest BCUT2D eigenvalue weighted by Crippen LogP contribution is 2.42. The van der Waals surface area contributed by atoms with E-state index in [0.717, 1.165) is 50.1 Å². The quantitative estimate of drug-likeness (QED) is 0.164. The second-order valence-corrected chi connectivity index (χ2v) is 11.5. The minimum absolute atomic E-state index is 0.506. The van der Waals surface area contributed by atoms with Crippen LogP contribution in [0.25, 0.3) is 43.8 Å². The molecule has 230 valence electrons. The SMILES string of the molecule is COc1cccc(Cn2nc(CNCc3ccc4ccccc4c3)c3c4cc(OC)c(OC)cc4c(-c4ccccc4Cl)nc32)c1. The number of hydrogen-bond acceptors (Lipinski definition) is 6. The molecule has 5 aromatic carbocycles. The molecule has 7 rings (SSSR count). The molecule has 0 amide bonds. The summed E-state index contributed by atoms with van der Waals surface area (Å²) >= 11 is 6.77. The molecule has 0 aliphatic heterocycles. The molecule has 2 heterocycles. The van der Waals surface area contributed by atoms with Crippen molar-refractivity contribution in [2.24, 2.45) is 0 Å². The summed E-state index contributed by atoms with van der Waals surface area (Å²) in [5.41, 5.74) is 5.46. The van der Waals surface area contributed by atoms with E-state index < -0.39 is 0 Å². The minimum Gasteiger partial charge on any atom is -0.497 e. The van der Waals surface area contributed by atoms with Crippen molar-refractivity contribution < 1.29 is 14.2 Å². The van der Waals surface area contributed by atoms with Gasteiger partial charge in [0.1, 0.15) is 5.75 Å². The number of hydrogen-bond donors (Lipinski definition) is 1. The molecule has 0 aliphatic rings. The Bertz CT molecular complexity index is 2210. The minimum atomic E-state index is 0.506. The van der Waals surface area contributed by atoms with Gasteiger partial charge in [0.25, 0.3) is 0 Å². The molecule has 0 radical (unpaired) electrons. The van der Waals surface area contributed by atoms with Crippen molar-refractivity contribution in [3.05, 3.63) is 125 Å². The van der Waals surface area contributed by atoms with E-state index in [4.69, 9.17) is 35.9 Å². The molecule has 0 bridgehead atoms. The first kappa shape index (κ1) is 29.6. The van der Waals surface area contributed by atoms with E-state index in [0.29, 0.717) is 36.2 Å². The van der Waals surface area contributed by atoms with Gasteiger partial charge in [-0.05, 0) is 58.3 Å². The number of aromatic nitrogens is 3. The molecular formula is C38H33ClN4O3. The largest absolute Gasteiger partial charge is 0.497 e. The lowest BCUT2D eigenvalue weighted by Crippen LogP contribution is -2.14. The Morgan fingerprint density at radius 2 is 1.46 bits per heavy atom. The Kier molecular flexibility index (Phi) is 8.18. The van der Waals surface area contributed by atoms with Gasteiger partial charge in [-0.3, -0.25) is 0 Å². The van der Waals surface area contributed by atoms with Gasteiger partial charge in [0.15, 0.2) is 17.1 Å². The molecule has 1 N–H and O–H groups in total. The van der Waals surface area contributed by atoms with E-state index in [9.17, 15) is 0 Å². The molecule has 2 aromatic heterocycles. The molecular weight excluding hydrogens is 596 g/mol. The Hall–Kier alpha value is -5.11. The van der Waals surface area contributed by atoms with Crippen LogP contribution in [-0.4, -0.2) is 36.1 Å². The number of nitrogens with zero attached hydrogens (tertiary/aromatic N) is 3. The maximum Gasteiger partial charge on any atom is 0.161 e. The summed E-state index contributed by atoms with van der Waals surface area (Å²) in [7, 11) is 4.96. The fourth-order valence-corrected chi connectivity index (χ4v) is 6.27. The monoisotopic (exact) mass is 628 g/mol. The number of methoxy groups -OCH3 is 3. The molecule has 0 aliphatic carbocycles. The highest BCUT2D eigenvalue weighted by Gasteiger charge is 2.22. The van der Waals surface area contributed by atoms with Crippen LogP contribution in [0.2, 0.25) is 5.02 Å². The predicted octanol–water partition coefficient (Wildman–Crippen LogP) is 8.42. The lowest BCUT2D eigenvalue weighted by atomic mass is 10.00. The Morgan fingerprint density at radius 3 is 2.24 bits per heavy atom. The first-order valence-corrected chi connectivity index (χ1v) is 15.5.